The molecule has 2 heterocycles. The maximum atomic E-state index is 11.5. The summed E-state index contributed by atoms with van der Waals surface area (Å²) in [5.74, 6) is -0.936. The van der Waals surface area contributed by atoms with Gasteiger partial charge in [0.1, 0.15) is 5.54 Å². The summed E-state index contributed by atoms with van der Waals surface area (Å²) in [6.45, 7) is 4.47. The van der Waals surface area contributed by atoms with Crippen LogP contribution in [0, 0.1) is 0 Å². The summed E-state index contributed by atoms with van der Waals surface area (Å²) in [5, 5.41) is 14.5. The molecule has 1 unspecified atom stereocenters. The van der Waals surface area contributed by atoms with E-state index in [1.807, 2.05) is 10.3 Å². The number of nitrogens with one attached hydrogen (secondary N) is 1. The van der Waals surface area contributed by atoms with Gasteiger partial charge in [0.05, 0.1) is 5.69 Å². The molecular weight excluding hydrogens is 278 g/mol. The van der Waals surface area contributed by atoms with E-state index in [-0.39, 0.29) is 5.91 Å². The Morgan fingerprint density at radius 3 is 2.95 bits per heavy atom. The van der Waals surface area contributed by atoms with Crippen LogP contribution in [0.5, 0.6) is 0 Å². The molecule has 1 saturated heterocycles. The molecule has 1 aromatic heterocycles. The zero-order valence-electron chi connectivity index (χ0n) is 11.7. The van der Waals surface area contributed by atoms with Crippen molar-refractivity contribution in [3.05, 3.63) is 11.1 Å². The molecule has 0 aliphatic carbocycles. The number of aliphatic carboxylic acids is 1. The fourth-order valence-corrected chi connectivity index (χ4v) is 3.20. The molecule has 2 rings (SSSR count). The second-order valence-corrected chi connectivity index (χ2v) is 6.14. The maximum Gasteiger partial charge on any atom is 0.323 e. The summed E-state index contributed by atoms with van der Waals surface area (Å²) in [6.07, 6.45) is 2.60. The van der Waals surface area contributed by atoms with Crippen LogP contribution in [-0.4, -0.2) is 39.0 Å². The molecule has 0 aromatic carbocycles. The highest BCUT2D eigenvalue weighted by atomic mass is 32.1. The lowest BCUT2D eigenvalue weighted by Crippen LogP contribution is -2.54. The Balaban J connectivity index is 2.09. The van der Waals surface area contributed by atoms with Crippen LogP contribution in [0.15, 0.2) is 5.38 Å². The number of aromatic nitrogens is 1. The molecule has 1 amide bonds. The predicted octanol–water partition coefficient (Wildman–Crippen LogP) is 1.93. The van der Waals surface area contributed by atoms with Crippen molar-refractivity contribution < 1.29 is 14.7 Å². The molecule has 1 aliphatic heterocycles. The lowest BCUT2D eigenvalue weighted by atomic mass is 9.88. The van der Waals surface area contributed by atoms with Crippen molar-refractivity contribution in [1.29, 1.82) is 0 Å². The lowest BCUT2D eigenvalue weighted by molar-refractivity contribution is -0.153. The van der Waals surface area contributed by atoms with E-state index < -0.39 is 11.5 Å². The number of anilines is 1. The summed E-state index contributed by atoms with van der Waals surface area (Å²) in [5.41, 5.74) is -0.0242. The van der Waals surface area contributed by atoms with Gasteiger partial charge in [-0.3, -0.25) is 14.5 Å². The van der Waals surface area contributed by atoms with Crippen LogP contribution in [0.2, 0.25) is 0 Å². The lowest BCUT2D eigenvalue weighted by Gasteiger charge is -2.41. The smallest absolute Gasteiger partial charge is 0.323 e. The van der Waals surface area contributed by atoms with E-state index in [0.717, 1.165) is 25.1 Å². The molecule has 110 valence electrons. The van der Waals surface area contributed by atoms with Crippen LogP contribution in [-0.2, 0) is 16.1 Å². The van der Waals surface area contributed by atoms with Crippen LogP contribution in [0.25, 0.3) is 0 Å². The van der Waals surface area contributed by atoms with Crippen LogP contribution < -0.4 is 5.32 Å². The van der Waals surface area contributed by atoms with Crippen molar-refractivity contribution in [2.45, 2.75) is 45.2 Å². The average molecular weight is 297 g/mol. The number of hydrogen-bond acceptors (Lipinski definition) is 5. The molecule has 2 N–H and O–H groups in total. The van der Waals surface area contributed by atoms with Gasteiger partial charge in [-0.15, -0.1) is 11.3 Å². The number of piperidine rings is 1. The zero-order valence-corrected chi connectivity index (χ0v) is 12.5. The Labute approximate surface area is 121 Å². The largest absolute Gasteiger partial charge is 0.480 e. The highest BCUT2D eigenvalue weighted by Gasteiger charge is 2.41. The second-order valence-electron chi connectivity index (χ2n) is 5.28. The molecule has 0 radical (unpaired) electrons. The average Bonchev–Trinajstić information content (AvgIpc) is 2.78. The second kappa shape index (κ2) is 5.88. The third-order valence-electron chi connectivity index (χ3n) is 3.69. The predicted molar refractivity (Wildman–Crippen MR) is 76.7 cm³/mol. The van der Waals surface area contributed by atoms with Crippen molar-refractivity contribution in [3.8, 4) is 0 Å². The molecule has 0 bridgehead atoms. The standard InChI is InChI=1S/C13H19N3O3S/c1-9(17)14-12-15-10(8-20-12)7-16-6-4-3-5-13(16,2)11(18)19/h8H,3-7H2,1-2H3,(H,18,19)(H,14,15,17). The van der Waals surface area contributed by atoms with E-state index in [0.29, 0.717) is 18.1 Å². The highest BCUT2D eigenvalue weighted by Crippen LogP contribution is 2.30. The molecule has 20 heavy (non-hydrogen) atoms. The van der Waals surface area contributed by atoms with Crippen molar-refractivity contribution in [3.63, 3.8) is 0 Å². The van der Waals surface area contributed by atoms with Crippen molar-refractivity contribution in [1.82, 2.24) is 9.88 Å². The molecule has 0 spiro atoms. The molecular formula is C13H19N3O3S. The van der Waals surface area contributed by atoms with Crippen LogP contribution in [0.3, 0.4) is 0 Å². The number of carboxylic acids is 1. The fourth-order valence-electron chi connectivity index (χ4n) is 2.46. The Morgan fingerprint density at radius 2 is 2.30 bits per heavy atom. The summed E-state index contributed by atoms with van der Waals surface area (Å²) in [4.78, 5) is 28.8. The summed E-state index contributed by atoms with van der Waals surface area (Å²) < 4.78 is 0. The number of nitrogens with zero attached hydrogens (tertiary/aromatic N) is 2. The number of carbonyl (C=O) groups is 2. The van der Waals surface area contributed by atoms with Gasteiger partial charge in [-0.2, -0.15) is 0 Å². The Bertz CT molecular complexity index is 517. The minimum atomic E-state index is -0.823. The Morgan fingerprint density at radius 1 is 1.55 bits per heavy atom. The quantitative estimate of drug-likeness (QED) is 0.887. The van der Waals surface area contributed by atoms with Crippen LogP contribution in [0.1, 0.15) is 38.8 Å². The number of carbonyl (C=O) groups excluding carboxylic acids is 1. The van der Waals surface area contributed by atoms with E-state index in [4.69, 9.17) is 0 Å². The number of rotatable bonds is 4. The third kappa shape index (κ3) is 3.16. The first-order valence-electron chi connectivity index (χ1n) is 6.62. The first kappa shape index (κ1) is 14.9. The topological polar surface area (TPSA) is 82.5 Å². The molecule has 0 saturated carbocycles. The number of hydrogen-bond donors (Lipinski definition) is 2. The minimum absolute atomic E-state index is 0.153. The van der Waals surface area contributed by atoms with Gasteiger partial charge in [-0.25, -0.2) is 4.98 Å². The molecule has 7 heteroatoms. The minimum Gasteiger partial charge on any atom is -0.480 e. The van der Waals surface area contributed by atoms with Gasteiger partial charge in [0, 0.05) is 18.8 Å². The van der Waals surface area contributed by atoms with Gasteiger partial charge in [-0.1, -0.05) is 0 Å². The number of thiazole rings is 1. The van der Waals surface area contributed by atoms with E-state index in [1.54, 1.807) is 6.92 Å². The first-order valence-corrected chi connectivity index (χ1v) is 7.50. The van der Waals surface area contributed by atoms with Crippen LogP contribution >= 0.6 is 11.3 Å². The van der Waals surface area contributed by atoms with E-state index in [2.05, 4.69) is 10.3 Å². The van der Waals surface area contributed by atoms with E-state index in [9.17, 15) is 14.7 Å². The van der Waals surface area contributed by atoms with Gasteiger partial charge in [0.15, 0.2) is 5.13 Å². The van der Waals surface area contributed by atoms with E-state index >= 15 is 0 Å². The van der Waals surface area contributed by atoms with Crippen molar-refractivity contribution in [2.24, 2.45) is 0 Å². The number of amides is 1. The summed E-state index contributed by atoms with van der Waals surface area (Å²) in [6, 6.07) is 0. The summed E-state index contributed by atoms with van der Waals surface area (Å²) in [7, 11) is 0. The molecule has 1 aromatic rings. The van der Waals surface area contributed by atoms with Crippen LogP contribution in [0.4, 0.5) is 5.13 Å². The van der Waals surface area contributed by atoms with Gasteiger partial charge >= 0.3 is 5.97 Å². The normalized spacial score (nSPS) is 23.5. The number of carboxylic acid groups (broad SMARTS) is 1. The maximum absolute atomic E-state index is 11.5. The van der Waals surface area contributed by atoms with Gasteiger partial charge < -0.3 is 10.4 Å². The molecule has 1 aliphatic rings. The van der Waals surface area contributed by atoms with Crippen molar-refractivity contribution in [2.75, 3.05) is 11.9 Å². The van der Waals surface area contributed by atoms with Gasteiger partial charge in [0.2, 0.25) is 5.91 Å². The van der Waals surface area contributed by atoms with Crippen molar-refractivity contribution >= 4 is 28.3 Å². The third-order valence-corrected chi connectivity index (χ3v) is 4.49. The zero-order chi connectivity index (χ0) is 14.8. The monoisotopic (exact) mass is 297 g/mol. The highest BCUT2D eigenvalue weighted by molar-refractivity contribution is 7.13. The Kier molecular flexibility index (Phi) is 4.39. The molecule has 6 nitrogen and oxygen atoms in total. The first-order chi connectivity index (χ1) is 9.41. The molecule has 1 fully saturated rings. The van der Waals surface area contributed by atoms with Gasteiger partial charge in [0.25, 0.3) is 0 Å². The summed E-state index contributed by atoms with van der Waals surface area (Å²) >= 11 is 1.36. The Hall–Kier alpha value is -1.47. The van der Waals surface area contributed by atoms with E-state index in [1.165, 1.54) is 18.3 Å². The van der Waals surface area contributed by atoms with Gasteiger partial charge in [-0.05, 0) is 32.7 Å². The fraction of sp³-hybridized carbons (Fsp3) is 0.615. The molecule has 1 atom stereocenters. The SMILES string of the molecule is CC(=O)Nc1nc(CN2CCCCC2(C)C(=O)O)cs1. The number of likely N-dealkylation sites (tertiary alicyclic amines) is 1.